The number of aromatic nitrogens is 4. The van der Waals surface area contributed by atoms with Crippen molar-refractivity contribution in [3.05, 3.63) is 36.4 Å². The Morgan fingerprint density at radius 2 is 1.48 bits per heavy atom. The smallest absolute Gasteiger partial charge is 0.203 e. The van der Waals surface area contributed by atoms with Crippen LogP contribution >= 0.6 is 0 Å². The molecule has 29 heavy (non-hydrogen) atoms. The Hall–Kier alpha value is -3.88. The van der Waals surface area contributed by atoms with Gasteiger partial charge >= 0.3 is 0 Å². The van der Waals surface area contributed by atoms with Gasteiger partial charge in [0.25, 0.3) is 0 Å². The molecule has 0 amide bonds. The van der Waals surface area contributed by atoms with Crippen molar-refractivity contribution in [3.63, 3.8) is 0 Å². The second-order valence-electron chi connectivity index (χ2n) is 6.26. The molecule has 2 aromatic heterocycles. The largest absolute Gasteiger partial charge is 0.495 e. The highest BCUT2D eigenvalue weighted by Gasteiger charge is 2.18. The first kappa shape index (κ1) is 18.5. The van der Waals surface area contributed by atoms with Gasteiger partial charge in [-0.05, 0) is 30.3 Å². The molecule has 9 nitrogen and oxygen atoms in total. The number of H-pyrrole nitrogens is 1. The summed E-state index contributed by atoms with van der Waals surface area (Å²) in [5.41, 5.74) is 9.77. The summed E-state index contributed by atoms with van der Waals surface area (Å²) in [7, 11) is 6.29. The number of aromatic amines is 1. The predicted molar refractivity (Wildman–Crippen MR) is 109 cm³/mol. The van der Waals surface area contributed by atoms with E-state index >= 15 is 0 Å². The fourth-order valence-corrected chi connectivity index (χ4v) is 3.23. The maximum atomic E-state index is 6.04. The fourth-order valence-electron chi connectivity index (χ4n) is 3.23. The van der Waals surface area contributed by atoms with E-state index in [4.69, 9.17) is 24.7 Å². The van der Waals surface area contributed by atoms with Crippen LogP contribution in [0.2, 0.25) is 0 Å². The normalized spacial score (nSPS) is 10.9. The first-order valence-electron chi connectivity index (χ1n) is 8.78. The number of nitrogens with zero attached hydrogens (tertiary/aromatic N) is 3. The van der Waals surface area contributed by atoms with Crippen LogP contribution in [-0.4, -0.2) is 48.3 Å². The molecule has 0 saturated carbocycles. The monoisotopic (exact) mass is 395 g/mol. The maximum Gasteiger partial charge on any atom is 0.203 e. The molecule has 2 aromatic carbocycles. The van der Waals surface area contributed by atoms with Gasteiger partial charge in [-0.1, -0.05) is 0 Å². The molecule has 0 aliphatic carbocycles. The average Bonchev–Trinajstić information content (AvgIpc) is 3.33. The molecule has 0 aliphatic rings. The SMILES string of the molecule is COc1ccc(-c2cc3nnc(-c4cc(OC)c(OC)c(OC)c4)n3[nH]2)cc1N. The molecule has 9 heteroatoms. The highest BCUT2D eigenvalue weighted by Crippen LogP contribution is 2.41. The lowest BCUT2D eigenvalue weighted by atomic mass is 10.1. The predicted octanol–water partition coefficient (Wildman–Crippen LogP) is 3.01. The minimum Gasteiger partial charge on any atom is -0.495 e. The van der Waals surface area contributed by atoms with E-state index < -0.39 is 0 Å². The molecule has 0 spiro atoms. The number of benzene rings is 2. The molecule has 0 radical (unpaired) electrons. The Balaban J connectivity index is 1.82. The van der Waals surface area contributed by atoms with E-state index in [0.29, 0.717) is 40.2 Å². The summed E-state index contributed by atoms with van der Waals surface area (Å²) < 4.78 is 23.3. The van der Waals surface area contributed by atoms with Crippen LogP contribution in [0, 0.1) is 0 Å². The molecule has 2 heterocycles. The Morgan fingerprint density at radius 3 is 2.07 bits per heavy atom. The summed E-state index contributed by atoms with van der Waals surface area (Å²) in [5, 5.41) is 11.9. The van der Waals surface area contributed by atoms with Gasteiger partial charge in [0.05, 0.1) is 39.8 Å². The Kier molecular flexibility index (Phi) is 4.63. The van der Waals surface area contributed by atoms with Crippen LogP contribution in [0.15, 0.2) is 36.4 Å². The third-order valence-electron chi connectivity index (χ3n) is 4.66. The van der Waals surface area contributed by atoms with Gasteiger partial charge in [-0.2, -0.15) is 0 Å². The lowest BCUT2D eigenvalue weighted by molar-refractivity contribution is 0.324. The van der Waals surface area contributed by atoms with Crippen LogP contribution in [0.4, 0.5) is 5.69 Å². The number of nitrogens with two attached hydrogens (primary N) is 1. The topological polar surface area (TPSA) is 109 Å². The third-order valence-corrected chi connectivity index (χ3v) is 4.66. The molecular weight excluding hydrogens is 374 g/mol. The van der Waals surface area contributed by atoms with Gasteiger partial charge < -0.3 is 24.7 Å². The summed E-state index contributed by atoms with van der Waals surface area (Å²) in [4.78, 5) is 0. The van der Waals surface area contributed by atoms with E-state index in [1.54, 1.807) is 33.0 Å². The Bertz CT molecular complexity index is 1160. The molecule has 4 aromatic rings. The number of anilines is 1. The van der Waals surface area contributed by atoms with Gasteiger partial charge in [0.2, 0.25) is 5.75 Å². The van der Waals surface area contributed by atoms with Crippen molar-refractivity contribution in [1.82, 2.24) is 19.8 Å². The number of methoxy groups -OCH3 is 4. The Labute approximate surface area is 167 Å². The summed E-state index contributed by atoms with van der Waals surface area (Å²) >= 11 is 0. The number of hydrogen-bond acceptors (Lipinski definition) is 7. The maximum absolute atomic E-state index is 6.04. The number of nitrogens with one attached hydrogen (secondary N) is 1. The van der Waals surface area contributed by atoms with Gasteiger partial charge in [0.1, 0.15) is 5.75 Å². The molecule has 0 bridgehead atoms. The van der Waals surface area contributed by atoms with Crippen molar-refractivity contribution in [1.29, 1.82) is 0 Å². The number of nitrogen functional groups attached to an aromatic ring is 1. The van der Waals surface area contributed by atoms with Crippen molar-refractivity contribution < 1.29 is 18.9 Å². The van der Waals surface area contributed by atoms with E-state index in [-0.39, 0.29) is 0 Å². The van der Waals surface area contributed by atoms with Crippen molar-refractivity contribution in [3.8, 4) is 45.6 Å². The van der Waals surface area contributed by atoms with Crippen molar-refractivity contribution in [2.75, 3.05) is 34.2 Å². The second kappa shape index (κ2) is 7.27. The molecule has 0 fully saturated rings. The summed E-state index contributed by atoms with van der Waals surface area (Å²) in [5.74, 6) is 2.82. The second-order valence-corrected chi connectivity index (χ2v) is 6.26. The van der Waals surface area contributed by atoms with Crippen LogP contribution in [0.5, 0.6) is 23.0 Å². The first-order valence-corrected chi connectivity index (χ1v) is 8.78. The summed E-state index contributed by atoms with van der Waals surface area (Å²) in [6.45, 7) is 0. The highest BCUT2D eigenvalue weighted by atomic mass is 16.5. The molecule has 0 aliphatic heterocycles. The standard InChI is InChI=1S/C20H21N5O4/c1-26-15-6-5-11(7-13(15)21)14-10-18-22-23-20(25(18)24-14)12-8-16(27-2)19(29-4)17(9-12)28-3/h5-10,24H,21H2,1-4H3. The molecular formula is C20H21N5O4. The van der Waals surface area contributed by atoms with Crippen LogP contribution in [0.1, 0.15) is 0 Å². The first-order chi connectivity index (χ1) is 14.1. The van der Waals surface area contributed by atoms with Crippen LogP contribution in [-0.2, 0) is 0 Å². The van der Waals surface area contributed by atoms with Gasteiger partial charge in [-0.25, -0.2) is 4.52 Å². The van der Waals surface area contributed by atoms with E-state index in [1.807, 2.05) is 36.4 Å². The number of rotatable bonds is 6. The number of hydrogen-bond donors (Lipinski definition) is 2. The molecule has 3 N–H and O–H groups in total. The minimum atomic E-state index is 0.514. The summed E-state index contributed by atoms with van der Waals surface area (Å²) in [6, 6.07) is 11.1. The zero-order valence-corrected chi connectivity index (χ0v) is 16.5. The molecule has 0 atom stereocenters. The lowest BCUT2D eigenvalue weighted by Gasteiger charge is -2.13. The number of ether oxygens (including phenoxy) is 4. The van der Waals surface area contributed by atoms with E-state index in [2.05, 4.69) is 15.3 Å². The van der Waals surface area contributed by atoms with Crippen molar-refractivity contribution in [2.24, 2.45) is 0 Å². The third kappa shape index (κ3) is 3.06. The molecule has 150 valence electrons. The van der Waals surface area contributed by atoms with Crippen LogP contribution in [0.25, 0.3) is 28.3 Å². The fraction of sp³-hybridized carbons (Fsp3) is 0.200. The van der Waals surface area contributed by atoms with E-state index in [0.717, 1.165) is 16.8 Å². The van der Waals surface area contributed by atoms with Gasteiger partial charge in [0.15, 0.2) is 23.0 Å². The molecule has 0 saturated heterocycles. The molecule has 4 rings (SSSR count). The average molecular weight is 395 g/mol. The summed E-state index contributed by atoms with van der Waals surface area (Å²) in [6.07, 6.45) is 0. The van der Waals surface area contributed by atoms with Gasteiger partial charge in [-0.15, -0.1) is 10.2 Å². The Morgan fingerprint density at radius 1 is 0.793 bits per heavy atom. The van der Waals surface area contributed by atoms with Crippen molar-refractivity contribution >= 4 is 11.3 Å². The lowest BCUT2D eigenvalue weighted by Crippen LogP contribution is -1.98. The van der Waals surface area contributed by atoms with Gasteiger partial charge in [-0.3, -0.25) is 5.10 Å². The minimum absolute atomic E-state index is 0.514. The zero-order chi connectivity index (χ0) is 20.5. The number of fused-ring (bicyclic) bond motifs is 1. The zero-order valence-electron chi connectivity index (χ0n) is 16.5. The highest BCUT2D eigenvalue weighted by molar-refractivity contribution is 5.73. The van der Waals surface area contributed by atoms with Crippen LogP contribution < -0.4 is 24.7 Å². The van der Waals surface area contributed by atoms with Crippen LogP contribution in [0.3, 0.4) is 0 Å². The molecule has 0 unspecified atom stereocenters. The van der Waals surface area contributed by atoms with Crippen molar-refractivity contribution in [2.45, 2.75) is 0 Å². The van der Waals surface area contributed by atoms with E-state index in [1.165, 1.54) is 0 Å². The quantitative estimate of drug-likeness (QED) is 0.483. The van der Waals surface area contributed by atoms with E-state index in [9.17, 15) is 0 Å². The van der Waals surface area contributed by atoms with Gasteiger partial charge in [0, 0.05) is 17.2 Å².